The van der Waals surface area contributed by atoms with Crippen molar-refractivity contribution >= 4 is 26.0 Å². The molecular weight excluding hydrogens is 650 g/mol. The van der Waals surface area contributed by atoms with Crippen LogP contribution in [0.3, 0.4) is 0 Å². The highest BCUT2D eigenvalue weighted by atomic mass is 31.2. The van der Waals surface area contributed by atoms with E-state index in [0.29, 0.717) is 45.6 Å². The zero-order valence-electron chi connectivity index (χ0n) is 26.4. The van der Waals surface area contributed by atoms with E-state index in [1.165, 1.54) is 36.4 Å². The Labute approximate surface area is 284 Å². The van der Waals surface area contributed by atoms with Gasteiger partial charge in [0.2, 0.25) is 0 Å². The van der Waals surface area contributed by atoms with Crippen molar-refractivity contribution in [3.63, 3.8) is 0 Å². The Morgan fingerprint density at radius 1 is 0.673 bits per heavy atom. The molecule has 14 heteroatoms. The predicted octanol–water partition coefficient (Wildman–Crippen LogP) is 7.80. The molecule has 0 amide bonds. The molecule has 247 valence electrons. The van der Waals surface area contributed by atoms with Crippen molar-refractivity contribution in [2.75, 3.05) is 13.2 Å². The van der Waals surface area contributed by atoms with Crippen LogP contribution in [-0.2, 0) is 13.2 Å². The van der Waals surface area contributed by atoms with Gasteiger partial charge in [-0.05, 0) is 79.6 Å². The average Bonchev–Trinajstić information content (AvgIpc) is 3.12. The maximum atomic E-state index is 11.5. The number of terminal acetylenes is 2. The van der Waals surface area contributed by atoms with Gasteiger partial charge in [0.15, 0.2) is 11.5 Å². The molecule has 1 radical (unpaired) electrons. The zero-order chi connectivity index (χ0) is 35.2. The Morgan fingerprint density at radius 2 is 1.04 bits per heavy atom. The minimum atomic E-state index is -2.77. The second-order valence-corrected chi connectivity index (χ2v) is 12.4. The molecule has 0 fully saturated rings. The molecular formula is C35H30BN2O10P+. The average molecular weight is 680 g/mol. The van der Waals surface area contributed by atoms with Crippen molar-refractivity contribution in [1.82, 2.24) is 0 Å². The summed E-state index contributed by atoms with van der Waals surface area (Å²) >= 11 is 0. The number of rotatable bonds is 18. The summed E-state index contributed by atoms with van der Waals surface area (Å²) in [4.78, 5) is 22.0. The van der Waals surface area contributed by atoms with Gasteiger partial charge in [-0.2, -0.15) is 0 Å². The summed E-state index contributed by atoms with van der Waals surface area (Å²) in [6.45, 7) is 7.41. The minimum absolute atomic E-state index is 0.0302. The molecule has 4 aromatic rings. The molecule has 0 saturated heterocycles. The van der Waals surface area contributed by atoms with E-state index in [1.807, 2.05) is 0 Å². The number of hydrogen-bond acceptors (Lipinski definition) is 10. The second-order valence-electron chi connectivity index (χ2n) is 9.87. The van der Waals surface area contributed by atoms with Gasteiger partial charge in [0.1, 0.15) is 55.2 Å². The third-order valence-electron chi connectivity index (χ3n) is 6.69. The maximum absolute atomic E-state index is 11.5. The zero-order valence-corrected chi connectivity index (χ0v) is 27.2. The number of nitrogens with zero attached hydrogens (tertiary/aromatic N) is 2. The van der Waals surface area contributed by atoms with Gasteiger partial charge in [-0.25, -0.2) is 0 Å². The van der Waals surface area contributed by atoms with Gasteiger partial charge in [0.25, 0.3) is 11.4 Å². The lowest BCUT2D eigenvalue weighted by atomic mass is 10.2. The van der Waals surface area contributed by atoms with E-state index in [9.17, 15) is 20.2 Å². The van der Waals surface area contributed by atoms with Crippen LogP contribution in [0.1, 0.15) is 11.1 Å². The van der Waals surface area contributed by atoms with Gasteiger partial charge in [-0.15, -0.1) is 12.8 Å². The minimum Gasteiger partial charge on any atom is -0.489 e. The van der Waals surface area contributed by atoms with Crippen molar-refractivity contribution in [1.29, 1.82) is 0 Å². The van der Waals surface area contributed by atoms with Crippen molar-refractivity contribution in [3.8, 4) is 59.2 Å². The van der Waals surface area contributed by atoms with Crippen LogP contribution in [0.2, 0.25) is 6.82 Å². The van der Waals surface area contributed by atoms with Gasteiger partial charge < -0.3 is 28.0 Å². The quantitative estimate of drug-likeness (QED) is 0.0336. The first-order valence-corrected chi connectivity index (χ1v) is 16.3. The first kappa shape index (κ1) is 35.7. The maximum Gasteiger partial charge on any atom is 0.457 e. The molecule has 0 aromatic heterocycles. The highest BCUT2D eigenvalue weighted by Gasteiger charge is 2.42. The van der Waals surface area contributed by atoms with Crippen LogP contribution in [0.25, 0.3) is 0 Å². The summed E-state index contributed by atoms with van der Waals surface area (Å²) in [6, 6.07) is 22.1. The van der Waals surface area contributed by atoms with Crippen molar-refractivity contribution < 1.29 is 37.8 Å². The van der Waals surface area contributed by atoms with Gasteiger partial charge in [-0.1, -0.05) is 18.4 Å². The Hall–Kier alpha value is -6.17. The molecule has 12 nitrogen and oxygen atoms in total. The number of nitro groups is 2. The number of ether oxygens (including phenoxy) is 4. The fourth-order valence-corrected chi connectivity index (χ4v) is 5.80. The molecule has 0 aliphatic heterocycles. The molecule has 49 heavy (non-hydrogen) atoms. The Bertz CT molecular complexity index is 1740. The van der Waals surface area contributed by atoms with Gasteiger partial charge in [-0.3, -0.25) is 20.2 Å². The van der Waals surface area contributed by atoms with E-state index in [1.54, 1.807) is 68.2 Å². The first-order chi connectivity index (χ1) is 23.7. The van der Waals surface area contributed by atoms with Crippen LogP contribution in [0.4, 0.5) is 11.4 Å². The van der Waals surface area contributed by atoms with E-state index >= 15 is 0 Å². The SMILES string of the molecule is C#CCOc1ccc([N+](=O)[O-])c(COc2ccc(O[P+]([B]C)(C=C)Oc3ccc(OCc4cc(OCC#C)ccc4[N+](=O)[O-])cc3)cc2)c1. The van der Waals surface area contributed by atoms with Crippen molar-refractivity contribution in [3.05, 3.63) is 129 Å². The highest BCUT2D eigenvalue weighted by Crippen LogP contribution is 2.59. The van der Waals surface area contributed by atoms with E-state index in [2.05, 4.69) is 18.4 Å². The van der Waals surface area contributed by atoms with Crippen LogP contribution < -0.4 is 28.0 Å². The number of benzene rings is 4. The normalized spacial score (nSPS) is 10.4. The first-order valence-electron chi connectivity index (χ1n) is 14.5. The van der Waals surface area contributed by atoms with Crippen LogP contribution in [0, 0.1) is 44.9 Å². The molecule has 0 bridgehead atoms. The van der Waals surface area contributed by atoms with Crippen LogP contribution in [0.5, 0.6) is 34.5 Å². The molecule has 0 heterocycles. The van der Waals surface area contributed by atoms with Crippen LogP contribution in [0.15, 0.2) is 97.3 Å². The standard InChI is InChI=1S/C35H30BN2O10P/c1-5-20-43-32-16-18-34(37(39)40)26(22-32)24-45-28-8-12-30(13-9-28)47-49(7-3,36-4)48-31-14-10-29(11-15-31)46-25-27-23-33(44-21-6-2)17-19-35(27)38(41)42/h1-2,7-19,22-23H,3,20-21,24-25H2,4H3/q+1. The molecule has 4 rings (SSSR count). The van der Waals surface area contributed by atoms with Crippen molar-refractivity contribution in [2.24, 2.45) is 0 Å². The van der Waals surface area contributed by atoms with Crippen LogP contribution >= 0.6 is 7.59 Å². The van der Waals surface area contributed by atoms with Crippen molar-refractivity contribution in [2.45, 2.75) is 20.0 Å². The number of nitro benzene ring substituents is 2. The highest BCUT2D eigenvalue weighted by molar-refractivity contribution is 7.96. The molecule has 0 unspecified atom stereocenters. The van der Waals surface area contributed by atoms with Gasteiger partial charge in [0, 0.05) is 12.1 Å². The number of hydrogen-bond donors (Lipinski definition) is 0. The molecule has 0 saturated carbocycles. The molecule has 0 atom stereocenters. The molecule has 4 aromatic carbocycles. The Kier molecular flexibility index (Phi) is 12.5. The summed E-state index contributed by atoms with van der Waals surface area (Å²) < 4.78 is 34.9. The lowest BCUT2D eigenvalue weighted by Gasteiger charge is -2.21. The molecule has 0 aliphatic rings. The second kappa shape index (κ2) is 17.1. The van der Waals surface area contributed by atoms with Gasteiger partial charge in [0.05, 0.1) is 21.0 Å². The third-order valence-corrected chi connectivity index (χ3v) is 8.91. The smallest absolute Gasteiger partial charge is 0.457 e. The third kappa shape index (κ3) is 9.91. The molecule has 0 aliphatic carbocycles. The van der Waals surface area contributed by atoms with Gasteiger partial charge >= 0.3 is 14.6 Å². The fourth-order valence-electron chi connectivity index (χ4n) is 4.29. The Morgan fingerprint density at radius 3 is 1.37 bits per heavy atom. The van der Waals surface area contributed by atoms with Crippen LogP contribution in [-0.4, -0.2) is 30.1 Å². The lowest BCUT2D eigenvalue weighted by molar-refractivity contribution is -0.386. The summed E-state index contributed by atoms with van der Waals surface area (Å²) in [6.07, 6.45) is 10.5. The summed E-state index contributed by atoms with van der Waals surface area (Å²) in [5, 5.41) is 23.0. The summed E-state index contributed by atoms with van der Waals surface area (Å²) in [7, 11) is -2.77. The Balaban J connectivity index is 1.38. The fraction of sp³-hybridized carbons (Fsp3) is 0.143. The summed E-state index contributed by atoms with van der Waals surface area (Å²) in [5.74, 6) is 8.96. The largest absolute Gasteiger partial charge is 0.489 e. The summed E-state index contributed by atoms with van der Waals surface area (Å²) in [5.41, 5.74) is 0.431. The van der Waals surface area contributed by atoms with E-state index in [4.69, 9.17) is 40.8 Å². The topological polar surface area (TPSA) is 142 Å². The van der Waals surface area contributed by atoms with E-state index in [0.717, 1.165) is 0 Å². The monoisotopic (exact) mass is 680 g/mol. The van der Waals surface area contributed by atoms with E-state index < -0.39 is 17.4 Å². The predicted molar refractivity (Wildman–Crippen MR) is 186 cm³/mol. The molecule has 0 N–H and O–H groups in total. The lowest BCUT2D eigenvalue weighted by Crippen LogP contribution is -2.11. The molecule has 0 spiro atoms. The van der Waals surface area contributed by atoms with E-state index in [-0.39, 0.29) is 37.8 Å².